The summed E-state index contributed by atoms with van der Waals surface area (Å²) in [4.78, 5) is 126. The smallest absolute Gasteiger partial charge is 0.231 e. The highest BCUT2D eigenvalue weighted by Crippen LogP contribution is 2.48. The van der Waals surface area contributed by atoms with Crippen molar-refractivity contribution in [2.45, 2.75) is 136 Å². The maximum Gasteiger partial charge on any atom is 0.231 e. The molecule has 7 saturated carbocycles. The number of alkyl halides is 4. The van der Waals surface area contributed by atoms with Crippen molar-refractivity contribution in [3.63, 3.8) is 0 Å². The van der Waals surface area contributed by atoms with Crippen molar-refractivity contribution >= 4 is 198 Å². The monoisotopic (exact) mass is 1990 g/mol. The first-order valence-electron chi connectivity index (χ1n) is 48.9. The van der Waals surface area contributed by atoms with Crippen LogP contribution in [0.5, 0.6) is 0 Å². The van der Waals surface area contributed by atoms with E-state index in [-0.39, 0.29) is 66.5 Å². The number of H-pyrrole nitrogens is 1. The van der Waals surface area contributed by atoms with E-state index in [0.29, 0.717) is 81.5 Å². The number of aromatic nitrogens is 12. The number of pyridine rings is 8. The van der Waals surface area contributed by atoms with E-state index in [0.717, 1.165) is 203 Å². The number of hydrogen-bond acceptors (Lipinski definition) is 25. The molecule has 6 amide bonds. The average molecular weight is 1990 g/mol. The third-order valence-corrected chi connectivity index (χ3v) is 27.7. The van der Waals surface area contributed by atoms with Crippen LogP contribution >= 0.6 is 0 Å². The SMILES string of the molecule is C=C(NC)c1ncc(-c2cc(N)c3cnc(NC(=O)[C@@H]4C[C@@H]4F)cc3c2)c(C)n1.Cc1c(-c2cc(N)c3cnc(NC(=O)[C@@H]4C[C@@H]4F)cc3c2)cnc2c1N=CC2.Cc1cc2[nH]cnc2cc1-c1cc(N)c2cnc(NC(=O)[C@@H]3C[C@@H]3F)cc2c1.Cc1ccc2cc(NC(=O)C3CC3)ncc2c1N.Cc1ccc2cc(NC(=O)C3CC3)ncc2c1N.Nc1cc(-c2ccncc2C2CC2)cc2cc(NC(=O)[C@@H]3C[C@@H]3F)ncc12. The van der Waals surface area contributed by atoms with E-state index in [2.05, 4.69) is 121 Å². The van der Waals surface area contributed by atoms with Gasteiger partial charge in [-0.15, -0.1) is 0 Å². The van der Waals surface area contributed by atoms with E-state index in [1.165, 1.54) is 18.4 Å². The molecular formula is C112H106F4N26O6. The summed E-state index contributed by atoms with van der Waals surface area (Å²) in [5, 5.41) is 29.8. The molecule has 7 aromatic carbocycles. The number of anilines is 12. The third-order valence-electron chi connectivity index (χ3n) is 27.7. The van der Waals surface area contributed by atoms with Crippen LogP contribution in [0.3, 0.4) is 0 Å². The van der Waals surface area contributed by atoms with Gasteiger partial charge in [-0.1, -0.05) is 30.8 Å². The molecule has 17 aromatic rings. The van der Waals surface area contributed by atoms with E-state index >= 15 is 0 Å². The number of nitrogens with two attached hydrogens (primary N) is 6. The second kappa shape index (κ2) is 40.5. The predicted octanol–water partition coefficient (Wildman–Crippen LogP) is 19.8. The molecule has 25 rings (SSSR count). The van der Waals surface area contributed by atoms with Crippen molar-refractivity contribution in [1.82, 2.24) is 65.1 Å². The van der Waals surface area contributed by atoms with Gasteiger partial charge in [0, 0.05) is 177 Å². The Morgan fingerprint density at radius 3 is 1.16 bits per heavy atom. The Labute approximate surface area is 846 Å². The van der Waals surface area contributed by atoms with Crippen LogP contribution in [0.25, 0.3) is 126 Å². The number of aliphatic imine (C=N–C) groups is 1. The van der Waals surface area contributed by atoms with Crippen molar-refractivity contribution in [3.05, 3.63) is 247 Å². The number of benzene rings is 7. The summed E-state index contributed by atoms with van der Waals surface area (Å²) in [5.41, 5.74) is 59.3. The largest absolute Gasteiger partial charge is 0.398 e. The van der Waals surface area contributed by atoms with E-state index in [1.54, 1.807) is 87.2 Å². The van der Waals surface area contributed by atoms with Gasteiger partial charge >= 0.3 is 0 Å². The van der Waals surface area contributed by atoms with Gasteiger partial charge in [0.1, 0.15) is 59.6 Å². The van der Waals surface area contributed by atoms with E-state index in [9.17, 15) is 46.3 Å². The fourth-order valence-electron chi connectivity index (χ4n) is 17.9. The Morgan fingerprint density at radius 2 is 0.764 bits per heavy atom. The quantitative estimate of drug-likeness (QED) is 0.0264. The lowest BCUT2D eigenvalue weighted by atomic mass is 9.96. The summed E-state index contributed by atoms with van der Waals surface area (Å²) >= 11 is 0. The number of carbonyl (C=O) groups excluding carboxylic acids is 6. The van der Waals surface area contributed by atoms with Gasteiger partial charge in [0.2, 0.25) is 35.4 Å². The van der Waals surface area contributed by atoms with Crippen molar-refractivity contribution < 1.29 is 46.3 Å². The highest BCUT2D eigenvalue weighted by Gasteiger charge is 2.47. The molecule has 7 fully saturated rings. The minimum absolute atomic E-state index is 0.0712. The summed E-state index contributed by atoms with van der Waals surface area (Å²) in [6.07, 6.45) is 24.9. The summed E-state index contributed by atoms with van der Waals surface area (Å²) in [6.45, 7) is 13.8. The van der Waals surface area contributed by atoms with Crippen LogP contribution in [0, 0.1) is 70.1 Å². The second-order valence-electron chi connectivity index (χ2n) is 38.9. The van der Waals surface area contributed by atoms with Gasteiger partial charge in [0.05, 0.1) is 58.1 Å². The normalized spacial score (nSPS) is 18.1. The van der Waals surface area contributed by atoms with Gasteiger partial charge in [-0.05, 0) is 301 Å². The maximum atomic E-state index is 13.1. The molecule has 0 bridgehead atoms. The molecule has 8 atom stereocenters. The lowest BCUT2D eigenvalue weighted by Crippen LogP contribution is -2.15. The number of fused-ring (bicyclic) bond motifs is 8. The lowest BCUT2D eigenvalue weighted by molar-refractivity contribution is -0.118. The molecule has 36 heteroatoms. The van der Waals surface area contributed by atoms with Crippen molar-refractivity contribution in [1.29, 1.82) is 0 Å². The van der Waals surface area contributed by atoms with Gasteiger partial charge in [-0.2, -0.15) is 0 Å². The first-order valence-corrected chi connectivity index (χ1v) is 48.9. The number of hydrogen-bond donors (Lipinski definition) is 14. The van der Waals surface area contributed by atoms with Crippen molar-refractivity contribution in [2.24, 2.45) is 40.5 Å². The fourth-order valence-corrected chi connectivity index (χ4v) is 17.9. The standard InChI is InChI=1S/C21H21FN6O.2C21H18FN5O.C21H19FN4O.2C14H15N3O/c1-10-15(8-26-20(27-10)11(2)24-3)12-4-13-6-19(25-9-16(13)18(23)5-12)28-21(29)14-7-17(14)22;1-10-2-18-19(26-9-25-18)7-13(10)11-3-12-5-20(24-8-15(12)17(23)4-11)27-21(28)14-6-16(14)22;1-10-14(8-25-18-2-3-24-20(10)18)11-4-12-6-19(26-9-15(12)17(23)5-11)27-21(28)13-7-16(13)22;22-18-8-15(18)21(27)26-20-7-13-5-12(6-19(23)17(13)10-25-20)14-3-4-24-9-16(14)11-1-2-11;2*1-8-2-3-10-6-12(16-7-11(10)13(8)15)17-14(18)9-4-5-9/h4-6,8-9,14,17,24H,2,7,23H2,1,3H3,(H,25,28,29);2-5,7-9,14,16H,6,23H2,1H3,(H,25,26)(H,24,27,28);3-6,8-9,13,16H,2,7,23H2,1H3,(H,26,27,28);3-7,9-11,15,18H,1-2,8,23H2,(H,25,26,27);2*2-3,6-7,9H,4-5,15H2,1H3,(H,16,17,18)/t14-,17+;14-,16+;13-,16+;15-,18+;;/m1111../s1. The highest BCUT2D eigenvalue weighted by atomic mass is 19.1. The Kier molecular flexibility index (Phi) is 26.8. The number of nitrogens with one attached hydrogen (secondary N) is 8. The van der Waals surface area contributed by atoms with Gasteiger partial charge < -0.3 is 76.6 Å². The number of nitrogens with zero attached hydrogens (tertiary/aromatic N) is 12. The Bertz CT molecular complexity index is 8230. The van der Waals surface area contributed by atoms with Crippen LogP contribution in [0.4, 0.5) is 92.3 Å². The molecule has 0 unspecified atom stereocenters. The fraction of sp³-hybridized carbons (Fsp3) is 0.250. The lowest BCUT2D eigenvalue weighted by Gasteiger charge is -2.12. The molecular weight excluding hydrogens is 1880 g/mol. The van der Waals surface area contributed by atoms with Crippen LogP contribution < -0.4 is 71.6 Å². The number of imidazole rings is 1. The van der Waals surface area contributed by atoms with Gasteiger partial charge in [0.25, 0.3) is 0 Å². The topological polar surface area (TPSA) is 513 Å². The molecule has 8 aliphatic rings. The summed E-state index contributed by atoms with van der Waals surface area (Å²) in [7, 11) is 1.76. The average Bonchev–Trinajstić information content (AvgIpc) is 1.27. The number of carbonyl (C=O) groups is 6. The first kappa shape index (κ1) is 97.8. The first-order chi connectivity index (χ1) is 71.3. The van der Waals surface area contributed by atoms with Crippen LogP contribution in [0.15, 0.2) is 207 Å². The van der Waals surface area contributed by atoms with E-state index < -0.39 is 48.4 Å². The highest BCUT2D eigenvalue weighted by molar-refractivity contribution is 6.07. The number of nitrogen functional groups attached to an aromatic ring is 6. The minimum Gasteiger partial charge on any atom is -0.398 e. The molecule has 0 spiro atoms. The van der Waals surface area contributed by atoms with Gasteiger partial charge in [-0.3, -0.25) is 43.7 Å². The third kappa shape index (κ3) is 21.6. The summed E-state index contributed by atoms with van der Waals surface area (Å²) in [5.74, 6) is 0.822. The zero-order valence-corrected chi connectivity index (χ0v) is 81.7. The summed E-state index contributed by atoms with van der Waals surface area (Å²) in [6, 6.07) is 40.5. The Hall–Kier alpha value is -17.6. The van der Waals surface area contributed by atoms with E-state index in [1.807, 2.05) is 144 Å². The van der Waals surface area contributed by atoms with Crippen LogP contribution in [0.1, 0.15) is 115 Å². The zero-order chi connectivity index (χ0) is 103. The number of aromatic amines is 1. The Morgan fingerprint density at radius 1 is 0.385 bits per heavy atom. The second-order valence-corrected chi connectivity index (χ2v) is 38.9. The number of aryl methyl sites for hydroxylation is 4. The van der Waals surface area contributed by atoms with Gasteiger partial charge in [0.15, 0.2) is 5.82 Å². The number of amides is 6. The molecule has 11 heterocycles. The molecule has 0 saturated heterocycles. The minimum atomic E-state index is -1.05. The Balaban J connectivity index is 0.000000109. The number of halogens is 4. The maximum absolute atomic E-state index is 13.1. The molecule has 148 heavy (non-hydrogen) atoms. The molecule has 10 aromatic heterocycles. The van der Waals surface area contributed by atoms with Crippen LogP contribution in [-0.4, -0.2) is 133 Å². The van der Waals surface area contributed by atoms with E-state index in [4.69, 9.17) is 34.4 Å². The molecule has 1 aliphatic heterocycles. The van der Waals surface area contributed by atoms with Gasteiger partial charge in [-0.25, -0.2) is 62.4 Å². The predicted molar refractivity (Wildman–Crippen MR) is 574 cm³/mol. The number of rotatable bonds is 19. The molecule has 748 valence electrons. The van der Waals surface area contributed by atoms with Crippen molar-refractivity contribution in [2.75, 3.05) is 73.4 Å². The molecule has 20 N–H and O–H groups in total. The van der Waals surface area contributed by atoms with Crippen LogP contribution in [0.2, 0.25) is 0 Å². The molecule has 32 nitrogen and oxygen atoms in total. The van der Waals surface area contributed by atoms with Crippen molar-refractivity contribution in [3.8, 4) is 44.5 Å². The zero-order valence-electron chi connectivity index (χ0n) is 81.7. The van der Waals surface area contributed by atoms with Crippen LogP contribution in [-0.2, 0) is 35.2 Å². The molecule has 0 radical (unpaired) electrons. The molecule has 7 aliphatic carbocycles. The summed E-state index contributed by atoms with van der Waals surface area (Å²) < 4.78 is 52.4.